The van der Waals surface area contributed by atoms with Crippen molar-refractivity contribution in [3.63, 3.8) is 0 Å². The van der Waals surface area contributed by atoms with Gasteiger partial charge in [-0.1, -0.05) is 0 Å². The Kier molecular flexibility index (Phi) is 3.71. The number of nitrogens with zero attached hydrogens (tertiary/aromatic N) is 3. The summed E-state index contributed by atoms with van der Waals surface area (Å²) in [6.07, 6.45) is -2.29. The Morgan fingerprint density at radius 3 is 3.04 bits per heavy atom. The number of fused-ring (bicyclic) bond motifs is 2. The molecule has 2 fully saturated rings. The molecule has 13 heteroatoms. The van der Waals surface area contributed by atoms with E-state index in [1.807, 2.05) is 0 Å². The van der Waals surface area contributed by atoms with Gasteiger partial charge < -0.3 is 29.0 Å². The lowest BCUT2D eigenvalue weighted by atomic mass is 10.1. The van der Waals surface area contributed by atoms with Gasteiger partial charge in [0, 0.05) is 0 Å². The number of nitrogens with one attached hydrogen (secondary N) is 1. The van der Waals surface area contributed by atoms with Crippen LogP contribution in [0.5, 0.6) is 0 Å². The zero-order valence-corrected chi connectivity index (χ0v) is 14.6. The first-order chi connectivity index (χ1) is 13.0. The molecule has 0 amide bonds. The number of aliphatic hydroxyl groups excluding tert-OH is 1. The number of hydrogen-bond acceptors (Lipinski definition) is 10. The molecule has 3 unspecified atom stereocenters. The minimum absolute atomic E-state index is 0.00650. The lowest BCUT2D eigenvalue weighted by Crippen LogP contribution is -2.37. The quantitative estimate of drug-likeness (QED) is 0.503. The molecule has 5 atom stereocenters. The van der Waals surface area contributed by atoms with Gasteiger partial charge in [-0.3, -0.25) is 18.9 Å². The fraction of sp³-hybridized carbons (Fsp3) is 0.357. The van der Waals surface area contributed by atoms with Gasteiger partial charge in [0.2, 0.25) is 5.95 Å². The zero-order chi connectivity index (χ0) is 18.7. The maximum atomic E-state index is 12.3. The minimum Gasteiger partial charge on any atom is -0.461 e. The van der Waals surface area contributed by atoms with Crippen LogP contribution < -0.4 is 11.3 Å². The van der Waals surface area contributed by atoms with Gasteiger partial charge in [-0.15, -0.1) is 0 Å². The highest BCUT2D eigenvalue weighted by Crippen LogP contribution is 2.44. The summed E-state index contributed by atoms with van der Waals surface area (Å²) in [6.45, 7) is 0.00882. The van der Waals surface area contributed by atoms with Crippen LogP contribution in [-0.2, 0) is 18.3 Å². The molecule has 0 aromatic carbocycles. The first-order valence-electron chi connectivity index (χ1n) is 8.01. The Morgan fingerprint density at radius 1 is 1.41 bits per heavy atom. The first kappa shape index (κ1) is 16.7. The Labute approximate surface area is 150 Å². The van der Waals surface area contributed by atoms with E-state index >= 15 is 0 Å². The second-order valence-electron chi connectivity index (χ2n) is 6.11. The van der Waals surface area contributed by atoms with Crippen LogP contribution in [0.25, 0.3) is 22.7 Å². The summed E-state index contributed by atoms with van der Waals surface area (Å²) in [4.78, 5) is 23.1. The fourth-order valence-electron chi connectivity index (χ4n) is 3.33. The highest BCUT2D eigenvalue weighted by molar-refractivity contribution is 7.33. The van der Waals surface area contributed by atoms with Crippen LogP contribution in [0.2, 0.25) is 0 Å². The number of imidazole rings is 1. The van der Waals surface area contributed by atoms with Crippen LogP contribution >= 0.6 is 8.25 Å². The first-order valence-corrected chi connectivity index (χ1v) is 9.24. The third-order valence-electron chi connectivity index (χ3n) is 4.47. The smallest absolute Gasteiger partial charge is 0.319 e. The van der Waals surface area contributed by atoms with Crippen molar-refractivity contribution in [2.45, 2.75) is 24.5 Å². The molecule has 3 aromatic rings. The number of aromatic nitrogens is 4. The predicted molar refractivity (Wildman–Crippen MR) is 90.0 cm³/mol. The molecule has 2 saturated heterocycles. The summed E-state index contributed by atoms with van der Waals surface area (Å²) >= 11 is 0. The molecule has 0 bridgehead atoms. The predicted octanol–water partition coefficient (Wildman–Crippen LogP) is 0.0252. The van der Waals surface area contributed by atoms with Gasteiger partial charge in [0.1, 0.15) is 18.3 Å². The van der Waals surface area contributed by atoms with Crippen molar-refractivity contribution < 1.29 is 27.9 Å². The Bertz CT molecular complexity index is 1090. The third kappa shape index (κ3) is 2.53. The molecular formula is C14H14N5O7P. The number of hydrogen-bond donors (Lipinski definition) is 3. The van der Waals surface area contributed by atoms with Gasteiger partial charge >= 0.3 is 8.25 Å². The summed E-state index contributed by atoms with van der Waals surface area (Å²) in [6, 6.07) is 3.29. The molecule has 2 aliphatic rings. The van der Waals surface area contributed by atoms with Crippen molar-refractivity contribution in [2.75, 3.05) is 12.3 Å². The van der Waals surface area contributed by atoms with Crippen molar-refractivity contribution in [1.29, 1.82) is 0 Å². The zero-order valence-electron chi connectivity index (χ0n) is 13.6. The fourth-order valence-corrected chi connectivity index (χ4v) is 4.21. The van der Waals surface area contributed by atoms with E-state index in [1.54, 1.807) is 12.1 Å². The number of H-pyrrole nitrogens is 1. The molecule has 3 aromatic heterocycles. The summed E-state index contributed by atoms with van der Waals surface area (Å²) in [5.41, 5.74) is 5.25. The van der Waals surface area contributed by atoms with E-state index < -0.39 is 38.4 Å². The summed E-state index contributed by atoms with van der Waals surface area (Å²) in [5.74, 6) is 0.437. The van der Waals surface area contributed by atoms with E-state index in [-0.39, 0.29) is 29.5 Å². The molecular weight excluding hydrogens is 381 g/mol. The Balaban J connectivity index is 1.71. The highest BCUT2D eigenvalue weighted by Gasteiger charge is 2.50. The molecule has 5 rings (SSSR count). The molecule has 0 aliphatic carbocycles. The topological polar surface area (TPSA) is 168 Å². The van der Waals surface area contributed by atoms with Crippen molar-refractivity contribution >= 4 is 25.4 Å². The van der Waals surface area contributed by atoms with Gasteiger partial charge in [0.15, 0.2) is 29.0 Å². The lowest BCUT2D eigenvalue weighted by molar-refractivity contribution is -0.0547. The largest absolute Gasteiger partial charge is 0.461 e. The van der Waals surface area contributed by atoms with Crippen molar-refractivity contribution in [3.8, 4) is 11.6 Å². The Hall–Kier alpha value is -2.50. The summed E-state index contributed by atoms with van der Waals surface area (Å²) in [5, 5.41) is 10.7. The van der Waals surface area contributed by atoms with Gasteiger partial charge in [0.05, 0.1) is 12.9 Å². The van der Waals surface area contributed by atoms with Crippen LogP contribution in [0.15, 0.2) is 27.6 Å². The lowest BCUT2D eigenvalue weighted by Gasteiger charge is -2.24. The molecule has 5 heterocycles. The van der Waals surface area contributed by atoms with Gasteiger partial charge in [-0.2, -0.15) is 4.98 Å². The van der Waals surface area contributed by atoms with Crippen molar-refractivity contribution in [3.05, 3.63) is 28.7 Å². The summed E-state index contributed by atoms with van der Waals surface area (Å²) in [7, 11) is -2.70. The number of anilines is 1. The molecule has 12 nitrogen and oxygen atoms in total. The normalized spacial score (nSPS) is 30.6. The van der Waals surface area contributed by atoms with Crippen molar-refractivity contribution in [1.82, 2.24) is 19.5 Å². The Morgan fingerprint density at radius 2 is 2.26 bits per heavy atom. The van der Waals surface area contributed by atoms with E-state index in [9.17, 15) is 14.5 Å². The monoisotopic (exact) mass is 395 g/mol. The van der Waals surface area contributed by atoms with Crippen LogP contribution in [0, 0.1) is 0 Å². The molecule has 0 spiro atoms. The number of ether oxygens (including phenoxy) is 1. The van der Waals surface area contributed by atoms with Crippen molar-refractivity contribution in [2.24, 2.45) is 0 Å². The second kappa shape index (κ2) is 6.01. The number of rotatable bonds is 2. The molecule has 4 N–H and O–H groups in total. The minimum atomic E-state index is -2.70. The SMILES string of the molecule is Nc1nc2c(nc(-c3ccco3)n2[C@@H]2OC3CO[PH](=O)O[C@H]3C2O)c(=O)[nH]1. The van der Waals surface area contributed by atoms with E-state index in [0.717, 1.165) is 0 Å². The van der Waals surface area contributed by atoms with Gasteiger partial charge in [0.25, 0.3) is 5.56 Å². The maximum Gasteiger partial charge on any atom is 0.319 e. The molecule has 2 aliphatic heterocycles. The second-order valence-corrected chi connectivity index (χ2v) is 7.13. The number of aromatic amines is 1. The number of nitrogen functional groups attached to an aromatic ring is 1. The highest BCUT2D eigenvalue weighted by atomic mass is 31.1. The van der Waals surface area contributed by atoms with Crippen LogP contribution in [0.1, 0.15) is 6.23 Å². The van der Waals surface area contributed by atoms with E-state index in [2.05, 4.69) is 15.0 Å². The van der Waals surface area contributed by atoms with Gasteiger partial charge in [-0.25, -0.2) is 4.98 Å². The number of furan rings is 1. The average molecular weight is 395 g/mol. The maximum absolute atomic E-state index is 12.3. The molecule has 0 radical (unpaired) electrons. The van der Waals surface area contributed by atoms with Crippen LogP contribution in [0.3, 0.4) is 0 Å². The standard InChI is InChI=1S/C14H14N5O7P/c15-14-17-11-7(12(21)18-14)16-10(5-2-1-3-23-5)19(11)13-8(20)9-6(25-13)4-24-27(22)26-9/h1-3,6,8-9,13,20,27H,4H2,(H3,15,17,18,21)/t6?,8?,9-,13-/m1/s1. The molecule has 0 saturated carbocycles. The average Bonchev–Trinajstić information content (AvgIpc) is 3.33. The van der Waals surface area contributed by atoms with Crippen LogP contribution in [0.4, 0.5) is 5.95 Å². The number of nitrogens with two attached hydrogens (primary N) is 1. The van der Waals surface area contributed by atoms with E-state index in [1.165, 1.54) is 10.8 Å². The van der Waals surface area contributed by atoms with Crippen LogP contribution in [-0.4, -0.2) is 49.5 Å². The molecule has 27 heavy (non-hydrogen) atoms. The third-order valence-corrected chi connectivity index (χ3v) is 5.34. The number of aliphatic hydroxyl groups is 1. The summed E-state index contributed by atoms with van der Waals surface area (Å²) < 4.78 is 34.5. The molecule has 142 valence electrons. The van der Waals surface area contributed by atoms with Gasteiger partial charge in [-0.05, 0) is 12.1 Å². The van der Waals surface area contributed by atoms with E-state index in [0.29, 0.717) is 5.76 Å². The van der Waals surface area contributed by atoms with E-state index in [4.69, 9.17) is 23.9 Å².